The van der Waals surface area contributed by atoms with Crippen molar-refractivity contribution >= 4 is 0 Å². The molecule has 110 valence electrons. The second kappa shape index (κ2) is 6.22. The number of aryl methyl sites for hydroxylation is 1. The van der Waals surface area contributed by atoms with Gasteiger partial charge < -0.3 is 10.1 Å². The van der Waals surface area contributed by atoms with E-state index >= 15 is 0 Å². The molecule has 0 saturated heterocycles. The predicted octanol–water partition coefficient (Wildman–Crippen LogP) is 3.83. The molecule has 21 heavy (non-hydrogen) atoms. The fourth-order valence-electron chi connectivity index (χ4n) is 2.13. The number of benzene rings is 1. The molecule has 3 rings (SSSR count). The van der Waals surface area contributed by atoms with E-state index in [-0.39, 0.29) is 5.82 Å². The third-order valence-electron chi connectivity index (χ3n) is 3.49. The van der Waals surface area contributed by atoms with Crippen LogP contribution in [0.4, 0.5) is 4.39 Å². The van der Waals surface area contributed by atoms with Crippen molar-refractivity contribution in [1.29, 1.82) is 0 Å². The zero-order valence-corrected chi connectivity index (χ0v) is 12.1. The van der Waals surface area contributed by atoms with Crippen LogP contribution >= 0.6 is 0 Å². The maximum atomic E-state index is 12.9. The van der Waals surface area contributed by atoms with Crippen molar-refractivity contribution < 1.29 is 9.13 Å². The van der Waals surface area contributed by atoms with Gasteiger partial charge in [0.15, 0.2) is 0 Å². The fraction of sp³-hybridized carbons (Fsp3) is 0.353. The molecule has 1 aliphatic rings. The Balaban J connectivity index is 1.75. The number of nitrogens with zero attached hydrogens (tertiary/aromatic N) is 1. The Morgan fingerprint density at radius 2 is 2.00 bits per heavy atom. The second-order valence-electron chi connectivity index (χ2n) is 5.37. The summed E-state index contributed by atoms with van der Waals surface area (Å²) in [6, 6.07) is 10.7. The highest BCUT2D eigenvalue weighted by molar-refractivity contribution is 5.31. The Kier molecular flexibility index (Phi) is 4.15. The van der Waals surface area contributed by atoms with Crippen LogP contribution in [-0.4, -0.2) is 11.0 Å². The maximum absolute atomic E-state index is 12.9. The molecule has 0 unspecified atom stereocenters. The van der Waals surface area contributed by atoms with Crippen LogP contribution in [-0.2, 0) is 13.0 Å². The first kappa shape index (κ1) is 14.0. The first-order valence-corrected chi connectivity index (χ1v) is 7.39. The Bertz CT molecular complexity index is 609. The van der Waals surface area contributed by atoms with Gasteiger partial charge in [-0.2, -0.15) is 0 Å². The zero-order valence-electron chi connectivity index (χ0n) is 12.1. The molecule has 0 amide bonds. The van der Waals surface area contributed by atoms with Crippen LogP contribution < -0.4 is 10.1 Å². The van der Waals surface area contributed by atoms with Crippen molar-refractivity contribution in [2.45, 2.75) is 38.8 Å². The molecule has 1 heterocycles. The largest absolute Gasteiger partial charge is 0.439 e. The highest BCUT2D eigenvalue weighted by Gasteiger charge is 2.20. The van der Waals surface area contributed by atoms with Crippen LogP contribution in [0, 0.1) is 5.82 Å². The molecule has 0 atom stereocenters. The van der Waals surface area contributed by atoms with Crippen molar-refractivity contribution in [1.82, 2.24) is 10.3 Å². The predicted molar refractivity (Wildman–Crippen MR) is 80.0 cm³/mol. The van der Waals surface area contributed by atoms with E-state index in [9.17, 15) is 4.39 Å². The summed E-state index contributed by atoms with van der Waals surface area (Å²) in [6.45, 7) is 2.90. The van der Waals surface area contributed by atoms with E-state index in [0.717, 1.165) is 18.7 Å². The highest BCUT2D eigenvalue weighted by Crippen LogP contribution is 2.23. The fourth-order valence-corrected chi connectivity index (χ4v) is 2.13. The van der Waals surface area contributed by atoms with Crippen LogP contribution in [0.3, 0.4) is 0 Å². The van der Waals surface area contributed by atoms with Gasteiger partial charge in [-0.3, -0.25) is 0 Å². The summed E-state index contributed by atoms with van der Waals surface area (Å²) >= 11 is 0. The van der Waals surface area contributed by atoms with E-state index in [1.165, 1.54) is 30.5 Å². The van der Waals surface area contributed by atoms with Gasteiger partial charge in [0.1, 0.15) is 11.6 Å². The first-order chi connectivity index (χ1) is 10.2. The summed E-state index contributed by atoms with van der Waals surface area (Å²) in [5.41, 5.74) is 2.17. The van der Waals surface area contributed by atoms with Crippen molar-refractivity contribution in [3.63, 3.8) is 0 Å². The smallest absolute Gasteiger partial charge is 0.219 e. The van der Waals surface area contributed by atoms with Crippen molar-refractivity contribution in [3.05, 3.63) is 53.5 Å². The second-order valence-corrected chi connectivity index (χ2v) is 5.37. The standard InChI is InChI=1S/C17H19FN2O/c1-2-14-9-12(11-19-15-5-6-15)10-17(20-14)21-16-7-3-13(18)4-8-16/h3-4,7-10,15,19H,2,5-6,11H2,1H3. The number of rotatable bonds is 6. The molecule has 0 bridgehead atoms. The lowest BCUT2D eigenvalue weighted by Gasteiger charge is -2.10. The summed E-state index contributed by atoms with van der Waals surface area (Å²) in [5.74, 6) is 0.888. The molecular formula is C17H19FN2O. The van der Waals surface area contributed by atoms with E-state index in [0.29, 0.717) is 17.7 Å². The number of aromatic nitrogens is 1. The summed E-state index contributed by atoms with van der Waals surface area (Å²) < 4.78 is 18.6. The van der Waals surface area contributed by atoms with Gasteiger partial charge in [0.05, 0.1) is 0 Å². The van der Waals surface area contributed by atoms with Gasteiger partial charge in [0, 0.05) is 24.3 Å². The Morgan fingerprint density at radius 1 is 1.24 bits per heavy atom. The molecule has 2 aromatic rings. The Labute approximate surface area is 124 Å². The summed E-state index contributed by atoms with van der Waals surface area (Å²) in [5, 5.41) is 3.49. The quantitative estimate of drug-likeness (QED) is 0.876. The summed E-state index contributed by atoms with van der Waals surface area (Å²) in [7, 11) is 0. The van der Waals surface area contributed by atoms with Gasteiger partial charge in [-0.1, -0.05) is 6.92 Å². The number of ether oxygens (including phenoxy) is 1. The minimum Gasteiger partial charge on any atom is -0.439 e. The van der Waals surface area contributed by atoms with E-state index in [2.05, 4.69) is 23.3 Å². The van der Waals surface area contributed by atoms with E-state index in [4.69, 9.17) is 4.74 Å². The molecule has 1 saturated carbocycles. The number of nitrogens with one attached hydrogen (secondary N) is 1. The number of pyridine rings is 1. The van der Waals surface area contributed by atoms with Crippen LogP contribution in [0.25, 0.3) is 0 Å². The van der Waals surface area contributed by atoms with E-state index in [1.54, 1.807) is 12.1 Å². The average Bonchev–Trinajstić information content (AvgIpc) is 3.31. The van der Waals surface area contributed by atoms with Gasteiger partial charge in [0.25, 0.3) is 0 Å². The third-order valence-corrected chi connectivity index (χ3v) is 3.49. The topological polar surface area (TPSA) is 34.1 Å². The molecule has 0 aliphatic heterocycles. The van der Waals surface area contributed by atoms with Gasteiger partial charge in [-0.25, -0.2) is 9.37 Å². The third kappa shape index (κ3) is 4.02. The first-order valence-electron chi connectivity index (χ1n) is 7.39. The van der Waals surface area contributed by atoms with Crippen LogP contribution in [0.2, 0.25) is 0 Å². The molecule has 1 aromatic carbocycles. The molecule has 0 spiro atoms. The van der Waals surface area contributed by atoms with Crippen molar-refractivity contribution in [2.75, 3.05) is 0 Å². The minimum absolute atomic E-state index is 0.271. The van der Waals surface area contributed by atoms with Gasteiger partial charge in [-0.15, -0.1) is 0 Å². The SMILES string of the molecule is CCc1cc(CNC2CC2)cc(Oc2ccc(F)cc2)n1. The maximum Gasteiger partial charge on any atom is 0.219 e. The molecule has 0 radical (unpaired) electrons. The molecule has 3 nitrogen and oxygen atoms in total. The van der Waals surface area contributed by atoms with Crippen molar-refractivity contribution in [3.8, 4) is 11.6 Å². The highest BCUT2D eigenvalue weighted by atomic mass is 19.1. The van der Waals surface area contributed by atoms with Crippen LogP contribution in [0.1, 0.15) is 31.0 Å². The lowest BCUT2D eigenvalue weighted by molar-refractivity contribution is 0.458. The van der Waals surface area contributed by atoms with Crippen LogP contribution in [0.15, 0.2) is 36.4 Å². The molecule has 1 aliphatic carbocycles. The lowest BCUT2D eigenvalue weighted by atomic mass is 10.2. The minimum atomic E-state index is -0.271. The summed E-state index contributed by atoms with van der Waals surface area (Å²) in [6.07, 6.45) is 3.40. The summed E-state index contributed by atoms with van der Waals surface area (Å²) in [4.78, 5) is 4.47. The normalized spacial score (nSPS) is 14.2. The number of halogens is 1. The van der Waals surface area contributed by atoms with Gasteiger partial charge in [-0.05, 0) is 55.2 Å². The van der Waals surface area contributed by atoms with Gasteiger partial charge in [0.2, 0.25) is 5.88 Å². The van der Waals surface area contributed by atoms with Gasteiger partial charge >= 0.3 is 0 Å². The van der Waals surface area contributed by atoms with E-state index < -0.39 is 0 Å². The van der Waals surface area contributed by atoms with Crippen molar-refractivity contribution in [2.24, 2.45) is 0 Å². The molecule has 1 aromatic heterocycles. The number of hydrogen-bond donors (Lipinski definition) is 1. The van der Waals surface area contributed by atoms with Crippen LogP contribution in [0.5, 0.6) is 11.6 Å². The molecule has 1 fully saturated rings. The number of hydrogen-bond acceptors (Lipinski definition) is 3. The average molecular weight is 286 g/mol. The lowest BCUT2D eigenvalue weighted by Crippen LogP contribution is -2.15. The molecule has 4 heteroatoms. The molecule has 1 N–H and O–H groups in total. The molecular weight excluding hydrogens is 267 g/mol. The Morgan fingerprint density at radius 3 is 2.67 bits per heavy atom. The van der Waals surface area contributed by atoms with E-state index in [1.807, 2.05) is 6.07 Å². The Hall–Kier alpha value is -1.94. The monoisotopic (exact) mass is 286 g/mol. The zero-order chi connectivity index (χ0) is 14.7.